The SMILES string of the molecule is CCC1(C)CN(CCCCOC)CCCN1. The van der Waals surface area contributed by atoms with Gasteiger partial charge < -0.3 is 15.0 Å². The molecule has 0 amide bonds. The highest BCUT2D eigenvalue weighted by atomic mass is 16.5. The topological polar surface area (TPSA) is 24.5 Å². The van der Waals surface area contributed by atoms with Crippen LogP contribution in [0.3, 0.4) is 0 Å². The summed E-state index contributed by atoms with van der Waals surface area (Å²) in [6.07, 6.45) is 4.93. The molecule has 3 nitrogen and oxygen atoms in total. The number of hydrogen-bond donors (Lipinski definition) is 1. The van der Waals surface area contributed by atoms with E-state index in [1.807, 2.05) is 0 Å². The molecule has 0 aromatic heterocycles. The molecule has 1 fully saturated rings. The maximum absolute atomic E-state index is 5.09. The zero-order chi connectivity index (χ0) is 11.9. The van der Waals surface area contributed by atoms with Crippen LogP contribution < -0.4 is 5.32 Å². The van der Waals surface area contributed by atoms with Gasteiger partial charge in [0.2, 0.25) is 0 Å². The Morgan fingerprint density at radius 1 is 1.38 bits per heavy atom. The van der Waals surface area contributed by atoms with Gasteiger partial charge >= 0.3 is 0 Å². The van der Waals surface area contributed by atoms with Crippen LogP contribution in [-0.4, -0.2) is 50.3 Å². The third-order valence-corrected chi connectivity index (χ3v) is 3.63. The lowest BCUT2D eigenvalue weighted by molar-refractivity contribution is 0.176. The Morgan fingerprint density at radius 3 is 2.88 bits per heavy atom. The highest BCUT2D eigenvalue weighted by Gasteiger charge is 2.26. The fourth-order valence-corrected chi connectivity index (χ4v) is 2.33. The maximum atomic E-state index is 5.09. The Hall–Kier alpha value is -0.120. The molecule has 1 heterocycles. The molecular weight excluding hydrogens is 200 g/mol. The zero-order valence-corrected chi connectivity index (χ0v) is 11.2. The summed E-state index contributed by atoms with van der Waals surface area (Å²) in [5, 5.41) is 3.67. The number of ether oxygens (including phenoxy) is 1. The summed E-state index contributed by atoms with van der Waals surface area (Å²) >= 11 is 0. The normalized spacial score (nSPS) is 27.9. The summed E-state index contributed by atoms with van der Waals surface area (Å²) < 4.78 is 5.09. The number of nitrogens with zero attached hydrogens (tertiary/aromatic N) is 1. The standard InChI is InChI=1S/C13H28N2O/c1-4-13(2)12-15(10-7-8-14-13)9-5-6-11-16-3/h14H,4-12H2,1-3H3. The molecule has 1 aliphatic rings. The minimum atomic E-state index is 0.317. The first-order chi connectivity index (χ1) is 7.70. The first-order valence-corrected chi connectivity index (χ1v) is 6.66. The predicted molar refractivity (Wildman–Crippen MR) is 68.9 cm³/mol. The van der Waals surface area contributed by atoms with Crippen molar-refractivity contribution in [3.05, 3.63) is 0 Å². The molecule has 1 aliphatic heterocycles. The van der Waals surface area contributed by atoms with E-state index >= 15 is 0 Å². The van der Waals surface area contributed by atoms with Crippen LogP contribution in [0.25, 0.3) is 0 Å². The highest BCUT2D eigenvalue weighted by Crippen LogP contribution is 2.15. The second kappa shape index (κ2) is 7.25. The molecule has 0 aromatic carbocycles. The molecule has 96 valence electrons. The molecular formula is C13H28N2O. The van der Waals surface area contributed by atoms with Crippen molar-refractivity contribution < 1.29 is 4.74 Å². The summed E-state index contributed by atoms with van der Waals surface area (Å²) in [7, 11) is 1.78. The molecule has 0 saturated carbocycles. The molecule has 1 unspecified atom stereocenters. The van der Waals surface area contributed by atoms with Gasteiger partial charge in [-0.1, -0.05) is 6.92 Å². The van der Waals surface area contributed by atoms with Gasteiger partial charge in [-0.25, -0.2) is 0 Å². The average Bonchev–Trinajstić information content (AvgIpc) is 2.47. The van der Waals surface area contributed by atoms with Crippen LogP contribution in [-0.2, 0) is 4.74 Å². The second-order valence-corrected chi connectivity index (χ2v) is 5.17. The van der Waals surface area contributed by atoms with E-state index in [1.165, 1.54) is 51.9 Å². The van der Waals surface area contributed by atoms with E-state index in [2.05, 4.69) is 24.1 Å². The van der Waals surface area contributed by atoms with E-state index in [0.717, 1.165) is 6.61 Å². The van der Waals surface area contributed by atoms with Crippen molar-refractivity contribution in [1.29, 1.82) is 0 Å². The van der Waals surface area contributed by atoms with E-state index in [9.17, 15) is 0 Å². The van der Waals surface area contributed by atoms with Crippen molar-refractivity contribution >= 4 is 0 Å². The van der Waals surface area contributed by atoms with Gasteiger partial charge in [0.25, 0.3) is 0 Å². The van der Waals surface area contributed by atoms with Crippen LogP contribution in [0.4, 0.5) is 0 Å². The van der Waals surface area contributed by atoms with Crippen molar-refractivity contribution in [2.45, 2.75) is 45.1 Å². The van der Waals surface area contributed by atoms with Gasteiger partial charge in [-0.05, 0) is 52.2 Å². The van der Waals surface area contributed by atoms with Crippen LogP contribution in [0.5, 0.6) is 0 Å². The molecule has 1 rings (SSSR count). The fourth-order valence-electron chi connectivity index (χ4n) is 2.33. The third kappa shape index (κ3) is 4.81. The minimum absolute atomic E-state index is 0.317. The van der Waals surface area contributed by atoms with Crippen molar-refractivity contribution in [1.82, 2.24) is 10.2 Å². The smallest absolute Gasteiger partial charge is 0.0462 e. The summed E-state index contributed by atoms with van der Waals surface area (Å²) in [4.78, 5) is 2.61. The molecule has 1 N–H and O–H groups in total. The summed E-state index contributed by atoms with van der Waals surface area (Å²) in [5.74, 6) is 0. The molecule has 1 saturated heterocycles. The second-order valence-electron chi connectivity index (χ2n) is 5.17. The summed E-state index contributed by atoms with van der Waals surface area (Å²) in [5.41, 5.74) is 0.317. The van der Waals surface area contributed by atoms with Gasteiger partial charge in [-0.3, -0.25) is 0 Å². The summed E-state index contributed by atoms with van der Waals surface area (Å²) in [6.45, 7) is 10.4. The van der Waals surface area contributed by atoms with Crippen LogP contribution in [0.2, 0.25) is 0 Å². The number of unbranched alkanes of at least 4 members (excludes halogenated alkanes) is 1. The van der Waals surface area contributed by atoms with Crippen LogP contribution in [0.1, 0.15) is 39.5 Å². The largest absolute Gasteiger partial charge is 0.385 e. The van der Waals surface area contributed by atoms with E-state index in [-0.39, 0.29) is 0 Å². The number of hydrogen-bond acceptors (Lipinski definition) is 3. The number of nitrogens with one attached hydrogen (secondary N) is 1. The molecule has 16 heavy (non-hydrogen) atoms. The van der Waals surface area contributed by atoms with Crippen LogP contribution in [0.15, 0.2) is 0 Å². The van der Waals surface area contributed by atoms with Crippen molar-refractivity contribution in [3.63, 3.8) is 0 Å². The van der Waals surface area contributed by atoms with Gasteiger partial charge in [0.1, 0.15) is 0 Å². The quantitative estimate of drug-likeness (QED) is 0.703. The number of methoxy groups -OCH3 is 1. The lowest BCUT2D eigenvalue weighted by Gasteiger charge is -2.32. The van der Waals surface area contributed by atoms with E-state index in [0.29, 0.717) is 5.54 Å². The number of rotatable bonds is 6. The first-order valence-electron chi connectivity index (χ1n) is 6.66. The van der Waals surface area contributed by atoms with Crippen LogP contribution in [0, 0.1) is 0 Å². The average molecular weight is 228 g/mol. The molecule has 0 aromatic rings. The third-order valence-electron chi connectivity index (χ3n) is 3.63. The molecule has 3 heteroatoms. The maximum Gasteiger partial charge on any atom is 0.0462 e. The fraction of sp³-hybridized carbons (Fsp3) is 1.00. The first kappa shape index (κ1) is 13.9. The molecule has 0 bridgehead atoms. The Bertz CT molecular complexity index is 187. The molecule has 1 atom stereocenters. The Kier molecular flexibility index (Phi) is 6.32. The van der Waals surface area contributed by atoms with Gasteiger partial charge in [-0.15, -0.1) is 0 Å². The van der Waals surface area contributed by atoms with Crippen molar-refractivity contribution in [2.75, 3.05) is 39.9 Å². The van der Waals surface area contributed by atoms with E-state index < -0.39 is 0 Å². The molecule has 0 aliphatic carbocycles. The summed E-state index contributed by atoms with van der Waals surface area (Å²) in [6, 6.07) is 0. The van der Waals surface area contributed by atoms with E-state index in [4.69, 9.17) is 4.74 Å². The van der Waals surface area contributed by atoms with Gasteiger partial charge in [0.15, 0.2) is 0 Å². The monoisotopic (exact) mass is 228 g/mol. The lowest BCUT2D eigenvalue weighted by Crippen LogP contribution is -2.48. The Balaban J connectivity index is 2.28. The minimum Gasteiger partial charge on any atom is -0.385 e. The predicted octanol–water partition coefficient (Wildman–Crippen LogP) is 1.88. The lowest BCUT2D eigenvalue weighted by atomic mass is 9.98. The van der Waals surface area contributed by atoms with Gasteiger partial charge in [0.05, 0.1) is 0 Å². The highest BCUT2D eigenvalue weighted by molar-refractivity contribution is 4.87. The van der Waals surface area contributed by atoms with Crippen molar-refractivity contribution in [3.8, 4) is 0 Å². The van der Waals surface area contributed by atoms with Gasteiger partial charge in [0, 0.05) is 25.8 Å². The zero-order valence-electron chi connectivity index (χ0n) is 11.2. The van der Waals surface area contributed by atoms with E-state index in [1.54, 1.807) is 7.11 Å². The molecule has 0 spiro atoms. The Labute approximate surface area is 101 Å². The van der Waals surface area contributed by atoms with Crippen molar-refractivity contribution in [2.24, 2.45) is 0 Å². The molecule has 0 radical (unpaired) electrons. The van der Waals surface area contributed by atoms with Gasteiger partial charge in [-0.2, -0.15) is 0 Å². The van der Waals surface area contributed by atoms with Crippen LogP contribution >= 0.6 is 0 Å². The Morgan fingerprint density at radius 2 is 2.19 bits per heavy atom.